The zero-order valence-electron chi connectivity index (χ0n) is 10.3. The standard InChI is InChI=1S/C14H21NO2/c1-11-4-2-3-9-15(11)10-14(17)12-5-7-13(16)8-6-12/h5-8,11,14,16-17H,2-4,9-10H2,1H3. The Morgan fingerprint density at radius 3 is 2.65 bits per heavy atom. The number of aliphatic hydroxyl groups excluding tert-OH is 1. The van der Waals surface area contributed by atoms with Crippen LogP contribution < -0.4 is 0 Å². The summed E-state index contributed by atoms with van der Waals surface area (Å²) in [5.41, 5.74) is 0.876. The molecule has 2 unspecified atom stereocenters. The molecule has 1 aromatic rings. The number of β-amino-alcohol motifs (C(OH)–C–C–N with tert-alkyl or cyclic N) is 1. The molecule has 17 heavy (non-hydrogen) atoms. The zero-order valence-corrected chi connectivity index (χ0v) is 10.3. The van der Waals surface area contributed by atoms with Crippen LogP contribution >= 0.6 is 0 Å². The first-order valence-corrected chi connectivity index (χ1v) is 6.38. The van der Waals surface area contributed by atoms with Crippen LogP contribution in [-0.2, 0) is 0 Å². The lowest BCUT2D eigenvalue weighted by molar-refractivity contribution is 0.0732. The van der Waals surface area contributed by atoms with Gasteiger partial charge in [-0.15, -0.1) is 0 Å². The maximum absolute atomic E-state index is 10.2. The average Bonchev–Trinajstić information content (AvgIpc) is 2.33. The second kappa shape index (κ2) is 5.52. The highest BCUT2D eigenvalue weighted by Crippen LogP contribution is 2.22. The number of benzene rings is 1. The molecule has 1 aliphatic rings. The zero-order chi connectivity index (χ0) is 12.3. The quantitative estimate of drug-likeness (QED) is 0.845. The third kappa shape index (κ3) is 3.20. The maximum Gasteiger partial charge on any atom is 0.115 e. The van der Waals surface area contributed by atoms with E-state index in [-0.39, 0.29) is 5.75 Å². The number of hydrogen-bond acceptors (Lipinski definition) is 3. The van der Waals surface area contributed by atoms with Crippen LogP contribution in [0.1, 0.15) is 37.9 Å². The van der Waals surface area contributed by atoms with Crippen molar-refractivity contribution in [2.75, 3.05) is 13.1 Å². The fourth-order valence-corrected chi connectivity index (χ4v) is 2.45. The SMILES string of the molecule is CC1CCCCN1CC(O)c1ccc(O)cc1. The molecule has 0 aromatic heterocycles. The first-order valence-electron chi connectivity index (χ1n) is 6.38. The van der Waals surface area contributed by atoms with Crippen LogP contribution in [0.3, 0.4) is 0 Å². The fraction of sp³-hybridized carbons (Fsp3) is 0.571. The summed E-state index contributed by atoms with van der Waals surface area (Å²) in [6.07, 6.45) is 3.29. The predicted octanol–water partition coefficient (Wildman–Crippen LogP) is 2.30. The monoisotopic (exact) mass is 235 g/mol. The molecule has 3 heteroatoms. The van der Waals surface area contributed by atoms with Crippen LogP contribution in [-0.4, -0.2) is 34.2 Å². The van der Waals surface area contributed by atoms with E-state index in [4.69, 9.17) is 0 Å². The van der Waals surface area contributed by atoms with Crippen LogP contribution in [0.15, 0.2) is 24.3 Å². The van der Waals surface area contributed by atoms with E-state index in [0.717, 1.165) is 12.1 Å². The van der Waals surface area contributed by atoms with Crippen molar-refractivity contribution in [2.24, 2.45) is 0 Å². The summed E-state index contributed by atoms with van der Waals surface area (Å²) < 4.78 is 0. The van der Waals surface area contributed by atoms with Gasteiger partial charge in [0.2, 0.25) is 0 Å². The summed E-state index contributed by atoms with van der Waals surface area (Å²) in [5.74, 6) is 0.243. The van der Waals surface area contributed by atoms with Crippen LogP contribution in [0.4, 0.5) is 0 Å². The molecule has 1 fully saturated rings. The number of aliphatic hydroxyl groups is 1. The van der Waals surface area contributed by atoms with Gasteiger partial charge in [0.1, 0.15) is 5.75 Å². The van der Waals surface area contributed by atoms with E-state index < -0.39 is 6.10 Å². The van der Waals surface area contributed by atoms with Gasteiger partial charge in [-0.2, -0.15) is 0 Å². The topological polar surface area (TPSA) is 43.7 Å². The summed E-state index contributed by atoms with van der Waals surface area (Å²) in [6, 6.07) is 7.38. The summed E-state index contributed by atoms with van der Waals surface area (Å²) >= 11 is 0. The van der Waals surface area contributed by atoms with Gasteiger partial charge in [-0.1, -0.05) is 18.6 Å². The number of aromatic hydroxyl groups is 1. The van der Waals surface area contributed by atoms with Gasteiger partial charge in [-0.05, 0) is 44.0 Å². The smallest absolute Gasteiger partial charge is 0.115 e. The maximum atomic E-state index is 10.2. The highest BCUT2D eigenvalue weighted by Gasteiger charge is 2.21. The van der Waals surface area contributed by atoms with Crippen LogP contribution in [0.25, 0.3) is 0 Å². The van der Waals surface area contributed by atoms with E-state index in [1.165, 1.54) is 19.3 Å². The summed E-state index contributed by atoms with van der Waals surface area (Å²) in [7, 11) is 0. The molecule has 1 aromatic carbocycles. The number of phenols is 1. The van der Waals surface area contributed by atoms with Gasteiger partial charge >= 0.3 is 0 Å². The molecule has 0 radical (unpaired) electrons. The number of piperidine rings is 1. The molecular formula is C14H21NO2. The van der Waals surface area contributed by atoms with E-state index in [1.54, 1.807) is 24.3 Å². The number of nitrogens with zero attached hydrogens (tertiary/aromatic N) is 1. The molecule has 2 atom stereocenters. The van der Waals surface area contributed by atoms with Crippen molar-refractivity contribution in [3.63, 3.8) is 0 Å². The largest absolute Gasteiger partial charge is 0.508 e. The lowest BCUT2D eigenvalue weighted by Gasteiger charge is -2.34. The number of phenolic OH excluding ortho intramolecular Hbond substituents is 1. The lowest BCUT2D eigenvalue weighted by Crippen LogP contribution is -2.40. The van der Waals surface area contributed by atoms with Crippen LogP contribution in [0.5, 0.6) is 5.75 Å². The molecule has 94 valence electrons. The normalized spacial score (nSPS) is 23.5. The van der Waals surface area contributed by atoms with Crippen molar-refractivity contribution < 1.29 is 10.2 Å². The van der Waals surface area contributed by atoms with Gasteiger partial charge < -0.3 is 10.2 Å². The Morgan fingerprint density at radius 1 is 1.29 bits per heavy atom. The minimum absolute atomic E-state index is 0.243. The first-order chi connectivity index (χ1) is 8.16. The number of rotatable bonds is 3. The minimum atomic E-state index is -0.462. The predicted molar refractivity (Wildman–Crippen MR) is 68.0 cm³/mol. The molecule has 0 amide bonds. The minimum Gasteiger partial charge on any atom is -0.508 e. The molecule has 2 rings (SSSR count). The second-order valence-corrected chi connectivity index (χ2v) is 4.95. The Labute approximate surface area is 103 Å². The molecule has 3 nitrogen and oxygen atoms in total. The summed E-state index contributed by atoms with van der Waals surface area (Å²) in [6.45, 7) is 3.99. The Morgan fingerprint density at radius 2 is 2.00 bits per heavy atom. The van der Waals surface area contributed by atoms with E-state index in [9.17, 15) is 10.2 Å². The molecule has 1 saturated heterocycles. The van der Waals surface area contributed by atoms with Crippen molar-refractivity contribution in [1.82, 2.24) is 4.90 Å². The second-order valence-electron chi connectivity index (χ2n) is 4.95. The third-order valence-electron chi connectivity index (χ3n) is 3.63. The molecule has 2 N–H and O–H groups in total. The molecule has 0 spiro atoms. The van der Waals surface area contributed by atoms with Crippen molar-refractivity contribution in [3.05, 3.63) is 29.8 Å². The van der Waals surface area contributed by atoms with Crippen LogP contribution in [0.2, 0.25) is 0 Å². The molecule has 1 heterocycles. The molecule has 0 saturated carbocycles. The third-order valence-corrected chi connectivity index (χ3v) is 3.63. The van der Waals surface area contributed by atoms with Crippen molar-refractivity contribution in [2.45, 2.75) is 38.3 Å². The van der Waals surface area contributed by atoms with Gasteiger partial charge in [0, 0.05) is 12.6 Å². The van der Waals surface area contributed by atoms with Gasteiger partial charge in [0.25, 0.3) is 0 Å². The van der Waals surface area contributed by atoms with Crippen molar-refractivity contribution in [3.8, 4) is 5.75 Å². The van der Waals surface area contributed by atoms with Gasteiger partial charge in [0.05, 0.1) is 6.10 Å². The first kappa shape index (κ1) is 12.4. The van der Waals surface area contributed by atoms with Gasteiger partial charge in [-0.25, -0.2) is 0 Å². The Kier molecular flexibility index (Phi) is 4.02. The molecule has 0 aliphatic carbocycles. The van der Waals surface area contributed by atoms with Crippen LogP contribution in [0, 0.1) is 0 Å². The van der Waals surface area contributed by atoms with Gasteiger partial charge in [0.15, 0.2) is 0 Å². The number of hydrogen-bond donors (Lipinski definition) is 2. The summed E-state index contributed by atoms with van der Waals surface area (Å²) in [5, 5.41) is 19.4. The molecular weight excluding hydrogens is 214 g/mol. The highest BCUT2D eigenvalue weighted by atomic mass is 16.3. The highest BCUT2D eigenvalue weighted by molar-refractivity contribution is 5.27. The Bertz CT molecular complexity index is 350. The Hall–Kier alpha value is -1.06. The van der Waals surface area contributed by atoms with E-state index in [1.807, 2.05) is 0 Å². The van der Waals surface area contributed by atoms with Gasteiger partial charge in [-0.3, -0.25) is 4.90 Å². The van der Waals surface area contributed by atoms with E-state index in [2.05, 4.69) is 11.8 Å². The van der Waals surface area contributed by atoms with E-state index >= 15 is 0 Å². The molecule has 0 bridgehead atoms. The fourth-order valence-electron chi connectivity index (χ4n) is 2.45. The average molecular weight is 235 g/mol. The molecule has 1 aliphatic heterocycles. The van der Waals surface area contributed by atoms with Crippen molar-refractivity contribution in [1.29, 1.82) is 0 Å². The van der Waals surface area contributed by atoms with E-state index in [0.29, 0.717) is 12.6 Å². The Balaban J connectivity index is 1.95. The number of likely N-dealkylation sites (tertiary alicyclic amines) is 1. The lowest BCUT2D eigenvalue weighted by atomic mass is 10.0. The van der Waals surface area contributed by atoms with Crippen molar-refractivity contribution >= 4 is 0 Å². The summed E-state index contributed by atoms with van der Waals surface area (Å²) in [4.78, 5) is 2.35.